The lowest BCUT2D eigenvalue weighted by Gasteiger charge is -2.15. The van der Waals surface area contributed by atoms with Crippen LogP contribution < -0.4 is 10.2 Å². The zero-order chi connectivity index (χ0) is 20.3. The molecule has 0 fully saturated rings. The highest BCUT2D eigenvalue weighted by Gasteiger charge is 2.39. The maximum Gasteiger partial charge on any atom is 0.283 e. The van der Waals surface area contributed by atoms with E-state index in [-0.39, 0.29) is 22.1 Å². The maximum atomic E-state index is 12.8. The fourth-order valence-electron chi connectivity index (χ4n) is 2.87. The number of rotatable bonds is 7. The first-order valence-electron chi connectivity index (χ1n) is 8.81. The first kappa shape index (κ1) is 19.6. The van der Waals surface area contributed by atoms with Crippen LogP contribution in [0.3, 0.4) is 0 Å². The number of anilines is 2. The lowest BCUT2D eigenvalue weighted by atomic mass is 10.1. The van der Waals surface area contributed by atoms with Crippen LogP contribution in [0.15, 0.2) is 59.3 Å². The second-order valence-electron chi connectivity index (χ2n) is 6.34. The Morgan fingerprint density at radius 1 is 1.11 bits per heavy atom. The summed E-state index contributed by atoms with van der Waals surface area (Å²) < 4.78 is 0. The molecule has 8 heteroatoms. The van der Waals surface area contributed by atoms with Crippen LogP contribution in [0.1, 0.15) is 25.3 Å². The van der Waals surface area contributed by atoms with Gasteiger partial charge in [0.2, 0.25) is 0 Å². The molecule has 2 amide bonds. The highest BCUT2D eigenvalue weighted by molar-refractivity contribution is 6.53. The molecule has 0 aliphatic carbocycles. The van der Waals surface area contributed by atoms with Crippen molar-refractivity contribution in [3.63, 3.8) is 0 Å². The summed E-state index contributed by atoms with van der Waals surface area (Å²) in [5, 5.41) is 13.6. The van der Waals surface area contributed by atoms with Crippen molar-refractivity contribution in [2.75, 3.05) is 10.2 Å². The smallest absolute Gasteiger partial charge is 0.283 e. The third kappa shape index (κ3) is 3.89. The van der Waals surface area contributed by atoms with Gasteiger partial charge in [0.05, 0.1) is 10.6 Å². The van der Waals surface area contributed by atoms with E-state index in [1.807, 2.05) is 24.3 Å². The van der Waals surface area contributed by atoms with Gasteiger partial charge in [-0.1, -0.05) is 43.1 Å². The maximum absolute atomic E-state index is 12.8. The quantitative estimate of drug-likeness (QED) is 0.424. The average Bonchev–Trinajstić information content (AvgIpc) is 2.90. The van der Waals surface area contributed by atoms with E-state index >= 15 is 0 Å². The Kier molecular flexibility index (Phi) is 5.75. The zero-order valence-corrected chi connectivity index (χ0v) is 15.9. The molecule has 1 N–H and O–H groups in total. The van der Waals surface area contributed by atoms with Gasteiger partial charge >= 0.3 is 0 Å². The van der Waals surface area contributed by atoms with Crippen LogP contribution in [0.25, 0.3) is 0 Å². The summed E-state index contributed by atoms with van der Waals surface area (Å²) in [5.41, 5.74) is 1.61. The Morgan fingerprint density at radius 2 is 1.82 bits per heavy atom. The predicted molar refractivity (Wildman–Crippen MR) is 107 cm³/mol. The number of non-ortho nitro benzene ring substituents is 1. The summed E-state index contributed by atoms with van der Waals surface area (Å²) in [7, 11) is 0. The number of imide groups is 1. The van der Waals surface area contributed by atoms with Crippen molar-refractivity contribution in [1.82, 2.24) is 0 Å². The molecule has 1 aliphatic rings. The van der Waals surface area contributed by atoms with E-state index in [0.29, 0.717) is 5.69 Å². The molecular weight excluding hydrogens is 382 g/mol. The Balaban J connectivity index is 1.81. The van der Waals surface area contributed by atoms with Crippen molar-refractivity contribution >= 4 is 40.5 Å². The van der Waals surface area contributed by atoms with Crippen LogP contribution in [-0.4, -0.2) is 16.7 Å². The molecule has 0 radical (unpaired) electrons. The molecule has 144 valence electrons. The SMILES string of the molecule is CCCCc1ccc(NC2=C(Cl)C(=O)N(c3cccc([N+](=O)[O-])c3)C2=O)cc1. The van der Waals surface area contributed by atoms with Crippen molar-refractivity contribution in [3.05, 3.63) is 74.9 Å². The molecule has 0 aromatic heterocycles. The Bertz CT molecular complexity index is 970. The minimum Gasteiger partial charge on any atom is -0.350 e. The summed E-state index contributed by atoms with van der Waals surface area (Å²) in [6.07, 6.45) is 3.17. The number of nitro benzene ring substituents is 1. The standard InChI is InChI=1S/C20H18ClN3O4/c1-2-3-5-13-8-10-14(11-9-13)22-18-17(21)19(25)23(20(18)26)15-6-4-7-16(12-15)24(27)28/h4,6-12,22H,2-3,5H2,1H3. The average molecular weight is 400 g/mol. The summed E-state index contributed by atoms with van der Waals surface area (Å²) >= 11 is 6.09. The number of halogens is 1. The van der Waals surface area contributed by atoms with E-state index in [2.05, 4.69) is 12.2 Å². The normalized spacial score (nSPS) is 14.0. The number of nitrogens with zero attached hydrogens (tertiary/aromatic N) is 2. The number of aryl methyl sites for hydroxylation is 1. The number of hydrogen-bond donors (Lipinski definition) is 1. The summed E-state index contributed by atoms with van der Waals surface area (Å²) in [6.45, 7) is 2.13. The van der Waals surface area contributed by atoms with Crippen LogP contribution in [0.2, 0.25) is 0 Å². The van der Waals surface area contributed by atoms with Crippen LogP contribution in [0.4, 0.5) is 17.1 Å². The molecule has 0 saturated heterocycles. The molecule has 2 aromatic carbocycles. The van der Waals surface area contributed by atoms with Gasteiger partial charge in [0.1, 0.15) is 10.7 Å². The molecule has 0 spiro atoms. The molecule has 2 aromatic rings. The van der Waals surface area contributed by atoms with Crippen LogP contribution in [0, 0.1) is 10.1 Å². The number of hydrogen-bond acceptors (Lipinski definition) is 5. The van der Waals surface area contributed by atoms with Crippen molar-refractivity contribution in [1.29, 1.82) is 0 Å². The molecule has 28 heavy (non-hydrogen) atoms. The summed E-state index contributed by atoms with van der Waals surface area (Å²) in [5.74, 6) is -1.39. The second kappa shape index (κ2) is 8.22. The minimum atomic E-state index is -0.728. The topological polar surface area (TPSA) is 92.6 Å². The van der Waals surface area contributed by atoms with E-state index in [9.17, 15) is 19.7 Å². The Labute approximate surface area is 166 Å². The van der Waals surface area contributed by atoms with Gasteiger partial charge in [0.15, 0.2) is 0 Å². The fraction of sp³-hybridized carbons (Fsp3) is 0.200. The van der Waals surface area contributed by atoms with Gasteiger partial charge in [-0.3, -0.25) is 19.7 Å². The summed E-state index contributed by atoms with van der Waals surface area (Å²) in [4.78, 5) is 36.4. The first-order valence-corrected chi connectivity index (χ1v) is 9.19. The van der Waals surface area contributed by atoms with Crippen LogP contribution in [0.5, 0.6) is 0 Å². The molecular formula is C20H18ClN3O4. The number of nitro groups is 1. The number of carbonyl (C=O) groups is 2. The lowest BCUT2D eigenvalue weighted by Crippen LogP contribution is -2.32. The van der Waals surface area contributed by atoms with E-state index in [4.69, 9.17) is 11.6 Å². The van der Waals surface area contributed by atoms with E-state index in [0.717, 1.165) is 30.2 Å². The van der Waals surface area contributed by atoms with Gasteiger partial charge in [-0.2, -0.15) is 0 Å². The number of carbonyl (C=O) groups excluding carboxylic acids is 2. The molecule has 1 heterocycles. The van der Waals surface area contributed by atoms with E-state index in [1.54, 1.807) is 0 Å². The van der Waals surface area contributed by atoms with Crippen LogP contribution >= 0.6 is 11.6 Å². The second-order valence-corrected chi connectivity index (χ2v) is 6.72. The third-order valence-corrected chi connectivity index (χ3v) is 4.72. The van der Waals surface area contributed by atoms with Gasteiger partial charge in [0.25, 0.3) is 17.5 Å². The van der Waals surface area contributed by atoms with Crippen molar-refractivity contribution in [3.8, 4) is 0 Å². The van der Waals surface area contributed by atoms with Gasteiger partial charge < -0.3 is 5.32 Å². The summed E-state index contributed by atoms with van der Waals surface area (Å²) in [6, 6.07) is 12.8. The van der Waals surface area contributed by atoms with Crippen molar-refractivity contribution in [2.45, 2.75) is 26.2 Å². The lowest BCUT2D eigenvalue weighted by molar-refractivity contribution is -0.384. The van der Waals surface area contributed by atoms with E-state index in [1.165, 1.54) is 23.8 Å². The molecule has 0 bridgehead atoms. The molecule has 0 unspecified atom stereocenters. The highest BCUT2D eigenvalue weighted by Crippen LogP contribution is 2.31. The van der Waals surface area contributed by atoms with E-state index < -0.39 is 16.7 Å². The predicted octanol–water partition coefficient (Wildman–Crippen LogP) is 4.37. The van der Waals surface area contributed by atoms with Gasteiger partial charge in [0, 0.05) is 17.8 Å². The molecule has 1 aliphatic heterocycles. The Morgan fingerprint density at radius 3 is 2.46 bits per heavy atom. The largest absolute Gasteiger partial charge is 0.350 e. The molecule has 7 nitrogen and oxygen atoms in total. The number of benzene rings is 2. The monoisotopic (exact) mass is 399 g/mol. The molecule has 0 atom stereocenters. The number of nitrogens with one attached hydrogen (secondary N) is 1. The van der Waals surface area contributed by atoms with Gasteiger partial charge in [-0.25, -0.2) is 4.90 Å². The number of unbranched alkanes of at least 4 members (excludes halogenated alkanes) is 1. The molecule has 3 rings (SSSR count). The Hall–Kier alpha value is -3.19. The number of amides is 2. The van der Waals surface area contributed by atoms with Crippen molar-refractivity contribution < 1.29 is 14.5 Å². The van der Waals surface area contributed by atoms with Crippen LogP contribution in [-0.2, 0) is 16.0 Å². The molecule has 0 saturated carbocycles. The zero-order valence-electron chi connectivity index (χ0n) is 15.1. The van der Waals surface area contributed by atoms with Crippen molar-refractivity contribution in [2.24, 2.45) is 0 Å². The fourth-order valence-corrected chi connectivity index (χ4v) is 3.08. The highest BCUT2D eigenvalue weighted by atomic mass is 35.5. The third-order valence-electron chi connectivity index (χ3n) is 4.37. The minimum absolute atomic E-state index is 0.0560. The van der Waals surface area contributed by atoms with Gasteiger partial charge in [-0.15, -0.1) is 0 Å². The first-order chi connectivity index (χ1) is 13.4. The van der Waals surface area contributed by atoms with Gasteiger partial charge in [-0.05, 0) is 36.6 Å².